The Labute approximate surface area is 262 Å². The topological polar surface area (TPSA) is 60.7 Å². The molecule has 3 unspecified atom stereocenters. The molecule has 0 aromatic carbocycles. The van der Waals surface area contributed by atoms with Crippen LogP contribution in [0.5, 0.6) is 0 Å². The molecule has 3 atom stereocenters. The molecule has 0 heterocycles. The zero-order chi connectivity index (χ0) is 32.2. The molecule has 43 heavy (non-hydrogen) atoms. The fraction of sp³-hybridized carbons (Fsp3) is 0.450. The summed E-state index contributed by atoms with van der Waals surface area (Å²) in [4.78, 5) is 0. The summed E-state index contributed by atoms with van der Waals surface area (Å²) in [6.07, 6.45) is 32.5. The van der Waals surface area contributed by atoms with Gasteiger partial charge in [0.2, 0.25) is 0 Å². The molecule has 2 rings (SSSR count). The van der Waals surface area contributed by atoms with Crippen LogP contribution in [0.3, 0.4) is 0 Å². The number of aliphatic hydroxyl groups excluding tert-OH is 3. The molecule has 0 amide bonds. The van der Waals surface area contributed by atoms with Crippen LogP contribution in [0.15, 0.2) is 130 Å². The Bertz CT molecular complexity index is 1290. The number of hydrogen-bond donors (Lipinski definition) is 3. The van der Waals surface area contributed by atoms with E-state index in [0.29, 0.717) is 5.92 Å². The van der Waals surface area contributed by atoms with Crippen molar-refractivity contribution in [2.24, 2.45) is 16.7 Å². The van der Waals surface area contributed by atoms with E-state index in [0.717, 1.165) is 36.0 Å². The molecule has 3 N–H and O–H groups in total. The van der Waals surface area contributed by atoms with E-state index in [2.05, 4.69) is 105 Å². The molecule has 0 saturated carbocycles. The predicted molar refractivity (Wildman–Crippen MR) is 186 cm³/mol. The van der Waals surface area contributed by atoms with E-state index >= 15 is 0 Å². The van der Waals surface area contributed by atoms with Crippen molar-refractivity contribution in [3.05, 3.63) is 130 Å². The number of hydrogen-bond acceptors (Lipinski definition) is 3. The van der Waals surface area contributed by atoms with Gasteiger partial charge in [0, 0.05) is 5.92 Å². The molecule has 234 valence electrons. The lowest BCUT2D eigenvalue weighted by molar-refractivity contribution is 0.116. The highest BCUT2D eigenvalue weighted by molar-refractivity contribution is 5.38. The van der Waals surface area contributed by atoms with Crippen molar-refractivity contribution in [1.29, 1.82) is 0 Å². The normalized spacial score (nSPS) is 26.2. The van der Waals surface area contributed by atoms with Gasteiger partial charge in [-0.25, -0.2) is 0 Å². The van der Waals surface area contributed by atoms with Gasteiger partial charge in [0.1, 0.15) is 0 Å². The first kappa shape index (κ1) is 36.2. The maximum Gasteiger partial charge on any atom is 0.0729 e. The molecule has 0 saturated heterocycles. The van der Waals surface area contributed by atoms with Gasteiger partial charge < -0.3 is 15.3 Å². The molecule has 0 radical (unpaired) electrons. The minimum Gasteiger partial charge on any atom is -0.393 e. The number of aliphatic hydroxyl groups is 3. The molecule has 2 aliphatic rings. The molecule has 0 aromatic rings. The molecule has 0 spiro atoms. The summed E-state index contributed by atoms with van der Waals surface area (Å²) in [6.45, 7) is 19.3. The highest BCUT2D eigenvalue weighted by atomic mass is 16.3. The summed E-state index contributed by atoms with van der Waals surface area (Å²) in [7, 11) is 0. The molecule has 0 fully saturated rings. The fourth-order valence-electron chi connectivity index (χ4n) is 6.19. The van der Waals surface area contributed by atoms with Crippen LogP contribution in [0, 0.1) is 16.7 Å². The summed E-state index contributed by atoms with van der Waals surface area (Å²) in [5.41, 5.74) is 8.08. The van der Waals surface area contributed by atoms with Crippen molar-refractivity contribution in [2.75, 3.05) is 6.61 Å². The van der Waals surface area contributed by atoms with Gasteiger partial charge in [0.15, 0.2) is 0 Å². The average molecular weight is 585 g/mol. The third-order valence-corrected chi connectivity index (χ3v) is 8.41. The number of allylic oxidation sites excluding steroid dienone is 18. The second kappa shape index (κ2) is 16.8. The average Bonchev–Trinajstić information content (AvgIpc) is 2.87. The van der Waals surface area contributed by atoms with Gasteiger partial charge in [-0.15, -0.1) is 0 Å². The molecule has 0 bridgehead atoms. The first-order valence-electron chi connectivity index (χ1n) is 15.6. The first-order chi connectivity index (χ1) is 20.1. The number of rotatable bonds is 11. The van der Waals surface area contributed by atoms with Crippen LogP contribution in [0.2, 0.25) is 0 Å². The Morgan fingerprint density at radius 1 is 0.791 bits per heavy atom. The van der Waals surface area contributed by atoms with Gasteiger partial charge in [-0.3, -0.25) is 0 Å². The van der Waals surface area contributed by atoms with E-state index in [4.69, 9.17) is 0 Å². The van der Waals surface area contributed by atoms with Crippen molar-refractivity contribution in [2.45, 2.75) is 93.8 Å². The van der Waals surface area contributed by atoms with E-state index < -0.39 is 0 Å². The van der Waals surface area contributed by atoms with Crippen LogP contribution in [-0.4, -0.2) is 34.1 Å². The molecule has 3 heteroatoms. The lowest BCUT2D eigenvalue weighted by atomic mass is 9.67. The minimum absolute atomic E-state index is 0.0275. The lowest BCUT2D eigenvalue weighted by Gasteiger charge is -2.38. The maximum absolute atomic E-state index is 10.1. The van der Waals surface area contributed by atoms with E-state index in [-0.39, 0.29) is 29.6 Å². The summed E-state index contributed by atoms with van der Waals surface area (Å²) < 4.78 is 0. The van der Waals surface area contributed by atoms with Crippen LogP contribution >= 0.6 is 0 Å². The first-order valence-corrected chi connectivity index (χ1v) is 15.6. The fourth-order valence-corrected chi connectivity index (χ4v) is 6.19. The zero-order valence-electron chi connectivity index (χ0n) is 28.1. The molecule has 3 nitrogen and oxygen atoms in total. The van der Waals surface area contributed by atoms with E-state index in [9.17, 15) is 15.3 Å². The summed E-state index contributed by atoms with van der Waals surface area (Å²) in [5, 5.41) is 29.9. The van der Waals surface area contributed by atoms with Crippen LogP contribution in [-0.2, 0) is 0 Å². The molecule has 2 aliphatic carbocycles. The Hall–Kier alpha value is -2.98. The standard InChI is InChI=1S/C40H56O3/c1-29(15-12-16-30(2)20-22-37-32(4)24-35(42)26-39(37,6)7)14-10-11-18-34(28-41)19-13-17-31(3)21-23-38-33(5)25-36(43)27-40(38,8)9/h10-24,35-37,41-43H,25-28H2,1-9H3. The molecular weight excluding hydrogens is 528 g/mol. The summed E-state index contributed by atoms with van der Waals surface area (Å²) in [5.74, 6) is 0.330. The summed E-state index contributed by atoms with van der Waals surface area (Å²) >= 11 is 0. The Balaban J connectivity index is 1.94. The van der Waals surface area contributed by atoms with Crippen molar-refractivity contribution < 1.29 is 15.3 Å². The van der Waals surface area contributed by atoms with Crippen molar-refractivity contribution >= 4 is 0 Å². The van der Waals surface area contributed by atoms with Crippen LogP contribution in [0.1, 0.15) is 81.6 Å². The van der Waals surface area contributed by atoms with Gasteiger partial charge in [-0.1, -0.05) is 147 Å². The van der Waals surface area contributed by atoms with Gasteiger partial charge >= 0.3 is 0 Å². The SMILES string of the molecule is CC(C=CC=C(C)C=CC1C(C)=CC(O)CC1(C)C)=CC=CC=C(C=CC=C(C)C=CC1=C(C)CC(O)CC1(C)C)CO. The Morgan fingerprint density at radius 3 is 2.00 bits per heavy atom. The van der Waals surface area contributed by atoms with Crippen LogP contribution < -0.4 is 0 Å². The summed E-state index contributed by atoms with van der Waals surface area (Å²) in [6, 6.07) is 0. The molecule has 0 aliphatic heterocycles. The van der Waals surface area contributed by atoms with Crippen molar-refractivity contribution in [3.8, 4) is 0 Å². The van der Waals surface area contributed by atoms with Gasteiger partial charge in [-0.2, -0.15) is 0 Å². The maximum atomic E-state index is 10.1. The largest absolute Gasteiger partial charge is 0.393 e. The van der Waals surface area contributed by atoms with E-state index in [1.165, 1.54) is 22.3 Å². The van der Waals surface area contributed by atoms with E-state index in [1.807, 2.05) is 48.6 Å². The Kier molecular flexibility index (Phi) is 14.1. The quantitative estimate of drug-likeness (QED) is 0.167. The third kappa shape index (κ3) is 12.3. The van der Waals surface area contributed by atoms with Gasteiger partial charge in [-0.05, 0) is 75.9 Å². The van der Waals surface area contributed by atoms with Gasteiger partial charge in [0.25, 0.3) is 0 Å². The van der Waals surface area contributed by atoms with Crippen LogP contribution in [0.25, 0.3) is 0 Å². The monoisotopic (exact) mass is 584 g/mol. The highest BCUT2D eigenvalue weighted by Crippen LogP contribution is 2.42. The second-order valence-corrected chi connectivity index (χ2v) is 13.7. The van der Waals surface area contributed by atoms with Crippen LogP contribution in [0.4, 0.5) is 0 Å². The van der Waals surface area contributed by atoms with Gasteiger partial charge in [0.05, 0.1) is 18.8 Å². The van der Waals surface area contributed by atoms with Crippen molar-refractivity contribution in [3.63, 3.8) is 0 Å². The lowest BCUT2D eigenvalue weighted by Crippen LogP contribution is -2.32. The van der Waals surface area contributed by atoms with E-state index in [1.54, 1.807) is 0 Å². The van der Waals surface area contributed by atoms with Crippen molar-refractivity contribution in [1.82, 2.24) is 0 Å². The highest BCUT2D eigenvalue weighted by Gasteiger charge is 2.34. The molecular formula is C40H56O3. The Morgan fingerprint density at radius 2 is 1.37 bits per heavy atom. The minimum atomic E-state index is -0.343. The smallest absolute Gasteiger partial charge is 0.0729 e. The predicted octanol–water partition coefficient (Wildman–Crippen LogP) is 9.38. The zero-order valence-corrected chi connectivity index (χ0v) is 28.1. The molecule has 0 aromatic heterocycles. The third-order valence-electron chi connectivity index (χ3n) is 8.41. The second-order valence-electron chi connectivity index (χ2n) is 13.7.